The van der Waals surface area contributed by atoms with Crippen LogP contribution in [-0.4, -0.2) is 39.6 Å². The molecule has 3 rings (SSSR count). The molecule has 3 heterocycles. The summed E-state index contributed by atoms with van der Waals surface area (Å²) >= 11 is 0. The minimum absolute atomic E-state index is 0.275. The molecule has 3 aromatic heterocycles. The monoisotopic (exact) mass is 435 g/mol. The van der Waals surface area contributed by atoms with Crippen molar-refractivity contribution in [3.8, 4) is 22.8 Å². The molecular weight excluding hydrogens is 410 g/mol. The van der Waals surface area contributed by atoms with Crippen LogP contribution in [0.1, 0.15) is 25.2 Å². The fraction of sp³-hybridized carbons (Fsp3) is 0.261. The number of urea groups is 1. The van der Waals surface area contributed by atoms with Gasteiger partial charge in [-0.25, -0.2) is 9.78 Å². The first-order valence-electron chi connectivity index (χ1n) is 9.90. The summed E-state index contributed by atoms with van der Waals surface area (Å²) in [5, 5.41) is 4.75. The van der Waals surface area contributed by atoms with Crippen LogP contribution in [0.5, 0.6) is 11.5 Å². The summed E-state index contributed by atoms with van der Waals surface area (Å²) in [6, 6.07) is 10.00. The van der Waals surface area contributed by atoms with Crippen LogP contribution in [0, 0.1) is 13.8 Å². The number of carbonyl (C=O) groups excluding carboxylic acids is 2. The number of rotatable bonds is 6. The molecule has 0 aliphatic rings. The third kappa shape index (κ3) is 5.64. The van der Waals surface area contributed by atoms with Crippen molar-refractivity contribution in [2.24, 2.45) is 0 Å². The van der Waals surface area contributed by atoms with Gasteiger partial charge in [0.1, 0.15) is 22.9 Å². The van der Waals surface area contributed by atoms with Crippen molar-refractivity contribution in [1.82, 2.24) is 20.3 Å². The first kappa shape index (κ1) is 22.8. The topological polar surface area (TPSA) is 115 Å². The average Bonchev–Trinajstić information content (AvgIpc) is 2.75. The van der Waals surface area contributed by atoms with Gasteiger partial charge in [-0.15, -0.1) is 0 Å². The van der Waals surface area contributed by atoms with E-state index in [1.165, 1.54) is 7.11 Å². The molecule has 9 heteroatoms. The van der Waals surface area contributed by atoms with Gasteiger partial charge in [-0.1, -0.05) is 0 Å². The zero-order valence-electron chi connectivity index (χ0n) is 18.6. The Bertz CT molecular complexity index is 1130. The largest absolute Gasteiger partial charge is 0.455 e. The molecule has 0 aromatic carbocycles. The Hall–Kier alpha value is -3.85. The Labute approximate surface area is 186 Å². The fourth-order valence-electron chi connectivity index (χ4n) is 2.70. The van der Waals surface area contributed by atoms with Crippen LogP contribution in [0.3, 0.4) is 0 Å². The van der Waals surface area contributed by atoms with E-state index in [2.05, 4.69) is 25.6 Å². The molecule has 3 aromatic rings. The fourth-order valence-corrected chi connectivity index (χ4v) is 2.70. The number of amides is 3. The van der Waals surface area contributed by atoms with Gasteiger partial charge in [0.2, 0.25) is 0 Å². The van der Waals surface area contributed by atoms with Gasteiger partial charge in [0.05, 0.1) is 11.4 Å². The molecule has 0 aliphatic carbocycles. The van der Waals surface area contributed by atoms with Crippen LogP contribution >= 0.6 is 0 Å². The molecule has 0 atom stereocenters. The van der Waals surface area contributed by atoms with Gasteiger partial charge < -0.3 is 9.47 Å². The van der Waals surface area contributed by atoms with Crippen molar-refractivity contribution in [2.75, 3.05) is 12.4 Å². The van der Waals surface area contributed by atoms with Crippen LogP contribution < -0.4 is 15.4 Å². The Balaban J connectivity index is 1.72. The smallest absolute Gasteiger partial charge is 0.327 e. The van der Waals surface area contributed by atoms with Crippen molar-refractivity contribution < 1.29 is 19.1 Å². The molecule has 0 saturated carbocycles. The quantitative estimate of drug-likeness (QED) is 0.601. The highest BCUT2D eigenvalue weighted by Crippen LogP contribution is 2.28. The predicted molar refractivity (Wildman–Crippen MR) is 120 cm³/mol. The van der Waals surface area contributed by atoms with E-state index in [1.54, 1.807) is 45.3 Å². The Morgan fingerprint density at radius 3 is 2.50 bits per heavy atom. The number of hydrogen-bond donors (Lipinski definition) is 2. The maximum Gasteiger partial charge on any atom is 0.327 e. The van der Waals surface area contributed by atoms with Crippen LogP contribution in [0.4, 0.5) is 10.6 Å². The summed E-state index contributed by atoms with van der Waals surface area (Å²) in [5.74, 6) is 0.839. The number of ether oxygens (including phenoxy) is 2. The van der Waals surface area contributed by atoms with E-state index in [0.29, 0.717) is 17.2 Å². The molecule has 0 fully saturated rings. The van der Waals surface area contributed by atoms with Crippen molar-refractivity contribution in [1.29, 1.82) is 0 Å². The van der Waals surface area contributed by atoms with Gasteiger partial charge in [0, 0.05) is 42.9 Å². The predicted octanol–water partition coefficient (Wildman–Crippen LogP) is 4.02. The summed E-state index contributed by atoms with van der Waals surface area (Å²) in [7, 11) is 1.39. The molecule has 0 unspecified atom stereocenters. The normalized spacial score (nSPS) is 11.0. The molecule has 0 aliphatic heterocycles. The number of methoxy groups -OCH3 is 1. The minimum Gasteiger partial charge on any atom is -0.455 e. The Kier molecular flexibility index (Phi) is 6.79. The Morgan fingerprint density at radius 2 is 1.84 bits per heavy atom. The number of imide groups is 1. The van der Waals surface area contributed by atoms with Crippen LogP contribution in [0.25, 0.3) is 11.3 Å². The van der Waals surface area contributed by atoms with E-state index in [1.807, 2.05) is 31.2 Å². The number of nitrogens with zero attached hydrogens (tertiary/aromatic N) is 3. The lowest BCUT2D eigenvalue weighted by molar-refractivity contribution is -0.138. The number of anilines is 1. The third-order valence-corrected chi connectivity index (χ3v) is 4.68. The molecule has 0 bridgehead atoms. The molecule has 0 spiro atoms. The minimum atomic E-state index is -1.13. The van der Waals surface area contributed by atoms with Crippen molar-refractivity contribution in [2.45, 2.75) is 33.3 Å². The molecule has 3 amide bonds. The van der Waals surface area contributed by atoms with Gasteiger partial charge >= 0.3 is 6.03 Å². The number of hydrogen-bond acceptors (Lipinski definition) is 7. The van der Waals surface area contributed by atoms with E-state index in [-0.39, 0.29) is 5.82 Å². The first-order valence-corrected chi connectivity index (χ1v) is 9.90. The maximum atomic E-state index is 12.1. The van der Waals surface area contributed by atoms with E-state index in [9.17, 15) is 9.59 Å². The van der Waals surface area contributed by atoms with E-state index in [0.717, 1.165) is 17.0 Å². The zero-order valence-corrected chi connectivity index (χ0v) is 18.6. The zero-order chi connectivity index (χ0) is 23.3. The molecule has 32 heavy (non-hydrogen) atoms. The number of pyridine rings is 3. The first-order chi connectivity index (χ1) is 15.2. The highest BCUT2D eigenvalue weighted by atomic mass is 16.5. The van der Waals surface area contributed by atoms with Crippen molar-refractivity contribution >= 4 is 17.8 Å². The maximum absolute atomic E-state index is 12.1. The van der Waals surface area contributed by atoms with E-state index >= 15 is 0 Å². The highest BCUT2D eigenvalue weighted by Gasteiger charge is 2.28. The summed E-state index contributed by atoms with van der Waals surface area (Å²) in [4.78, 5) is 37.1. The summed E-state index contributed by atoms with van der Waals surface area (Å²) in [6.07, 6.45) is 3.44. The van der Waals surface area contributed by atoms with Crippen LogP contribution in [0.15, 0.2) is 48.8 Å². The van der Waals surface area contributed by atoms with Crippen LogP contribution in [-0.2, 0) is 9.53 Å². The molecule has 166 valence electrons. The van der Waals surface area contributed by atoms with Crippen molar-refractivity contribution in [3.63, 3.8) is 0 Å². The number of nitrogens with one attached hydrogen (secondary N) is 2. The van der Waals surface area contributed by atoms with Gasteiger partial charge in [-0.05, 0) is 52.0 Å². The molecule has 9 nitrogen and oxygen atoms in total. The molecule has 0 radical (unpaired) electrons. The van der Waals surface area contributed by atoms with Crippen LogP contribution in [0.2, 0.25) is 0 Å². The standard InChI is InChI=1S/C23H25N5O4/c1-14-11-17(12-18(25-14)16-7-6-10-24-13-16)32-19-8-9-20(26-15(19)2)27-22(30)28-21(29)23(3,4)31-5/h6-13H,1-5H3,(H2,26,27,28,29,30). The summed E-state index contributed by atoms with van der Waals surface area (Å²) in [5.41, 5.74) is 1.86. The summed E-state index contributed by atoms with van der Waals surface area (Å²) < 4.78 is 11.1. The lowest BCUT2D eigenvalue weighted by Gasteiger charge is -2.21. The van der Waals surface area contributed by atoms with E-state index in [4.69, 9.17) is 9.47 Å². The van der Waals surface area contributed by atoms with Crippen molar-refractivity contribution in [3.05, 3.63) is 60.2 Å². The summed E-state index contributed by atoms with van der Waals surface area (Å²) in [6.45, 7) is 6.76. The number of aromatic nitrogens is 3. The van der Waals surface area contributed by atoms with Gasteiger partial charge in [0.25, 0.3) is 5.91 Å². The van der Waals surface area contributed by atoms with Gasteiger partial charge in [0.15, 0.2) is 0 Å². The third-order valence-electron chi connectivity index (χ3n) is 4.68. The second-order valence-corrected chi connectivity index (χ2v) is 7.58. The second-order valence-electron chi connectivity index (χ2n) is 7.58. The average molecular weight is 435 g/mol. The van der Waals surface area contributed by atoms with E-state index < -0.39 is 17.5 Å². The Morgan fingerprint density at radius 1 is 1.06 bits per heavy atom. The molecular formula is C23H25N5O4. The SMILES string of the molecule is COC(C)(C)C(=O)NC(=O)Nc1ccc(Oc2cc(C)nc(-c3cccnc3)c2)c(C)n1. The lowest BCUT2D eigenvalue weighted by Crippen LogP contribution is -2.47. The molecule has 2 N–H and O–H groups in total. The highest BCUT2D eigenvalue weighted by molar-refractivity contribution is 6.03. The lowest BCUT2D eigenvalue weighted by atomic mass is 10.1. The second kappa shape index (κ2) is 9.52. The van der Waals surface area contributed by atoms with Gasteiger partial charge in [-0.2, -0.15) is 0 Å². The number of carbonyl (C=O) groups is 2. The van der Waals surface area contributed by atoms with Gasteiger partial charge in [-0.3, -0.25) is 25.4 Å². The molecule has 0 saturated heterocycles. The number of aryl methyl sites for hydroxylation is 2.